The largest absolute Gasteiger partial charge is 0.466 e. The minimum absolute atomic E-state index is 0.121. The number of ether oxygens (including phenoxy) is 1. The Balaban J connectivity index is 1.19. The summed E-state index contributed by atoms with van der Waals surface area (Å²) in [6.07, 6.45) is 4.75. The number of nitrogens with zero attached hydrogens (tertiary/aromatic N) is 2. The fourth-order valence-corrected chi connectivity index (χ4v) is 4.37. The molecule has 0 saturated heterocycles. The van der Waals surface area contributed by atoms with E-state index in [1.165, 1.54) is 29.9 Å². The number of H-pyrrole nitrogens is 1. The second-order valence-electron chi connectivity index (χ2n) is 9.34. The number of hydrogen-bond acceptors (Lipinski definition) is 6. The molecule has 0 radical (unpaired) electrons. The summed E-state index contributed by atoms with van der Waals surface area (Å²) in [5.74, 6) is 0.451. The predicted molar refractivity (Wildman–Crippen MR) is 156 cm³/mol. The highest BCUT2D eigenvalue weighted by molar-refractivity contribution is 5.91. The standard InChI is InChI=1S/C32H31N5O2/c1-22(26-6-4-3-5-7-26)36-31-28-18-29(37-32(28)35-21-34-31)27-15-12-25(13-16-27)20-33-19-24-10-8-23(9-11-24)14-17-30(38)39-2/h3-18,21-22,33H,19-20H2,1-2H3,(H2,34,35,36,37). The van der Waals surface area contributed by atoms with Crippen LogP contribution in [-0.4, -0.2) is 28.0 Å². The van der Waals surface area contributed by atoms with E-state index in [2.05, 4.69) is 91.8 Å². The van der Waals surface area contributed by atoms with Gasteiger partial charge in [-0.2, -0.15) is 0 Å². The summed E-state index contributed by atoms with van der Waals surface area (Å²) in [7, 11) is 1.37. The Labute approximate surface area is 228 Å². The maximum atomic E-state index is 11.2. The van der Waals surface area contributed by atoms with Crippen molar-refractivity contribution < 1.29 is 9.53 Å². The van der Waals surface area contributed by atoms with Crippen LogP contribution in [0.25, 0.3) is 28.4 Å². The van der Waals surface area contributed by atoms with E-state index in [9.17, 15) is 4.79 Å². The van der Waals surface area contributed by atoms with Crippen molar-refractivity contribution in [2.45, 2.75) is 26.1 Å². The van der Waals surface area contributed by atoms with E-state index in [-0.39, 0.29) is 12.0 Å². The van der Waals surface area contributed by atoms with E-state index in [0.717, 1.165) is 46.8 Å². The Morgan fingerprint density at radius 3 is 2.33 bits per heavy atom. The molecular weight excluding hydrogens is 486 g/mol. The molecule has 39 heavy (non-hydrogen) atoms. The van der Waals surface area contributed by atoms with Gasteiger partial charge in [0.1, 0.15) is 17.8 Å². The number of methoxy groups -OCH3 is 1. The van der Waals surface area contributed by atoms with Crippen LogP contribution in [0.2, 0.25) is 0 Å². The average Bonchev–Trinajstić information content (AvgIpc) is 3.43. The summed E-state index contributed by atoms with van der Waals surface area (Å²) in [4.78, 5) is 23.6. The van der Waals surface area contributed by atoms with Crippen LogP contribution in [-0.2, 0) is 22.6 Å². The molecule has 0 spiro atoms. The van der Waals surface area contributed by atoms with E-state index >= 15 is 0 Å². The zero-order chi connectivity index (χ0) is 27.0. The molecule has 2 aromatic heterocycles. The first kappa shape index (κ1) is 25.9. The molecule has 0 aliphatic carbocycles. The lowest BCUT2D eigenvalue weighted by molar-refractivity contribution is -0.134. The second-order valence-corrected chi connectivity index (χ2v) is 9.34. The number of esters is 1. The van der Waals surface area contributed by atoms with Gasteiger partial charge < -0.3 is 20.4 Å². The number of hydrogen-bond donors (Lipinski definition) is 3. The van der Waals surface area contributed by atoms with Gasteiger partial charge >= 0.3 is 5.97 Å². The first-order valence-corrected chi connectivity index (χ1v) is 12.9. The second kappa shape index (κ2) is 12.2. The molecular formula is C32H31N5O2. The minimum atomic E-state index is -0.361. The number of nitrogens with one attached hydrogen (secondary N) is 3. The number of fused-ring (bicyclic) bond motifs is 1. The molecule has 0 saturated carbocycles. The molecule has 0 aliphatic heterocycles. The Bertz CT molecular complexity index is 1560. The number of carbonyl (C=O) groups is 1. The van der Waals surface area contributed by atoms with E-state index in [1.807, 2.05) is 30.3 Å². The number of aromatic nitrogens is 3. The molecule has 7 nitrogen and oxygen atoms in total. The van der Waals surface area contributed by atoms with E-state index in [1.54, 1.807) is 12.4 Å². The van der Waals surface area contributed by atoms with Crippen LogP contribution < -0.4 is 10.6 Å². The van der Waals surface area contributed by atoms with Gasteiger partial charge in [0.15, 0.2) is 0 Å². The zero-order valence-electron chi connectivity index (χ0n) is 22.0. The van der Waals surface area contributed by atoms with Gasteiger partial charge in [0.25, 0.3) is 0 Å². The fraction of sp³-hybridized carbons (Fsp3) is 0.156. The third kappa shape index (κ3) is 6.58. The van der Waals surface area contributed by atoms with Crippen molar-refractivity contribution in [3.05, 3.63) is 120 Å². The van der Waals surface area contributed by atoms with Crippen LogP contribution in [0.1, 0.15) is 35.2 Å². The Kier molecular flexibility index (Phi) is 8.09. The molecule has 5 aromatic rings. The van der Waals surface area contributed by atoms with Crippen LogP contribution in [0.15, 0.2) is 97.3 Å². The first-order chi connectivity index (χ1) is 19.1. The zero-order valence-corrected chi connectivity index (χ0v) is 22.0. The first-order valence-electron chi connectivity index (χ1n) is 12.9. The number of rotatable bonds is 10. The summed E-state index contributed by atoms with van der Waals surface area (Å²) in [6, 6.07) is 29.1. The van der Waals surface area contributed by atoms with Crippen LogP contribution in [0.5, 0.6) is 0 Å². The molecule has 7 heteroatoms. The summed E-state index contributed by atoms with van der Waals surface area (Å²) in [5.41, 5.74) is 7.43. The lowest BCUT2D eigenvalue weighted by Crippen LogP contribution is -2.12. The molecule has 5 rings (SSSR count). The Morgan fingerprint density at radius 2 is 1.64 bits per heavy atom. The van der Waals surface area contributed by atoms with Crippen molar-refractivity contribution in [2.75, 3.05) is 12.4 Å². The van der Waals surface area contributed by atoms with Crippen molar-refractivity contribution in [1.29, 1.82) is 0 Å². The molecule has 0 fully saturated rings. The maximum Gasteiger partial charge on any atom is 0.330 e. The van der Waals surface area contributed by atoms with Crippen molar-refractivity contribution in [3.63, 3.8) is 0 Å². The predicted octanol–water partition coefficient (Wildman–Crippen LogP) is 6.27. The quantitative estimate of drug-likeness (QED) is 0.149. The maximum absolute atomic E-state index is 11.2. The van der Waals surface area contributed by atoms with Crippen LogP contribution in [0.4, 0.5) is 5.82 Å². The smallest absolute Gasteiger partial charge is 0.330 e. The molecule has 196 valence electrons. The van der Waals surface area contributed by atoms with Gasteiger partial charge in [0.2, 0.25) is 0 Å². The third-order valence-corrected chi connectivity index (χ3v) is 6.59. The molecule has 2 heterocycles. The normalized spacial score (nSPS) is 12.1. The lowest BCUT2D eigenvalue weighted by Gasteiger charge is -2.15. The highest BCUT2D eigenvalue weighted by Crippen LogP contribution is 2.29. The van der Waals surface area contributed by atoms with Crippen molar-refractivity contribution in [3.8, 4) is 11.3 Å². The molecule has 1 unspecified atom stereocenters. The molecule has 0 bridgehead atoms. The molecule has 3 aromatic carbocycles. The number of anilines is 1. The Hall–Kier alpha value is -4.75. The summed E-state index contributed by atoms with van der Waals surface area (Å²) in [6.45, 7) is 3.64. The fourth-order valence-electron chi connectivity index (χ4n) is 4.37. The van der Waals surface area contributed by atoms with E-state index in [0.29, 0.717) is 0 Å². The number of aromatic amines is 1. The lowest BCUT2D eigenvalue weighted by atomic mass is 10.1. The molecule has 0 aliphatic rings. The van der Waals surface area contributed by atoms with Gasteiger partial charge in [-0.05, 0) is 46.9 Å². The van der Waals surface area contributed by atoms with E-state index in [4.69, 9.17) is 0 Å². The summed E-state index contributed by atoms with van der Waals surface area (Å²) >= 11 is 0. The number of benzene rings is 3. The van der Waals surface area contributed by atoms with E-state index < -0.39 is 0 Å². The monoisotopic (exact) mass is 517 g/mol. The minimum Gasteiger partial charge on any atom is -0.466 e. The highest BCUT2D eigenvalue weighted by atomic mass is 16.5. The average molecular weight is 518 g/mol. The Morgan fingerprint density at radius 1 is 0.949 bits per heavy atom. The van der Waals surface area contributed by atoms with Crippen LogP contribution in [0.3, 0.4) is 0 Å². The van der Waals surface area contributed by atoms with Gasteiger partial charge in [-0.3, -0.25) is 0 Å². The van der Waals surface area contributed by atoms with Crippen molar-refractivity contribution >= 4 is 28.9 Å². The van der Waals surface area contributed by atoms with Crippen molar-refractivity contribution in [2.24, 2.45) is 0 Å². The van der Waals surface area contributed by atoms with Gasteiger partial charge in [-0.15, -0.1) is 0 Å². The van der Waals surface area contributed by atoms with Crippen LogP contribution >= 0.6 is 0 Å². The van der Waals surface area contributed by atoms with Crippen LogP contribution in [0, 0.1) is 0 Å². The summed E-state index contributed by atoms with van der Waals surface area (Å²) in [5, 5.41) is 7.98. The summed E-state index contributed by atoms with van der Waals surface area (Å²) < 4.78 is 4.62. The van der Waals surface area contributed by atoms with Gasteiger partial charge in [-0.1, -0.05) is 78.9 Å². The van der Waals surface area contributed by atoms with Gasteiger partial charge in [0.05, 0.1) is 12.5 Å². The molecule has 1 atom stereocenters. The van der Waals surface area contributed by atoms with Crippen molar-refractivity contribution in [1.82, 2.24) is 20.3 Å². The molecule has 3 N–H and O–H groups in total. The van der Waals surface area contributed by atoms with Gasteiger partial charge in [0, 0.05) is 30.9 Å². The molecule has 0 amide bonds. The third-order valence-electron chi connectivity index (χ3n) is 6.59. The SMILES string of the molecule is COC(=O)C=Cc1ccc(CNCc2ccc(-c3cc4c(NC(C)c5ccccc5)ncnc4[nH]3)cc2)cc1. The topological polar surface area (TPSA) is 91.9 Å². The number of carbonyl (C=O) groups excluding carboxylic acids is 1. The van der Waals surface area contributed by atoms with Gasteiger partial charge in [-0.25, -0.2) is 14.8 Å². The highest BCUT2D eigenvalue weighted by Gasteiger charge is 2.12.